The number of nitrogens with zero attached hydrogens (tertiary/aromatic N) is 10. The maximum Gasteiger partial charge on any atom is 0.417 e. The lowest BCUT2D eigenvalue weighted by Gasteiger charge is -2.51. The van der Waals surface area contributed by atoms with Crippen LogP contribution in [0.2, 0.25) is 5.02 Å². The van der Waals surface area contributed by atoms with Gasteiger partial charge in [0, 0.05) is 82.9 Å². The van der Waals surface area contributed by atoms with Crippen LogP contribution in [0.25, 0.3) is 0 Å². The highest BCUT2D eigenvalue weighted by Crippen LogP contribution is 2.56. The first-order valence-corrected chi connectivity index (χ1v) is 36.9. The molecule has 3 heterocycles. The number of hydrogen-bond acceptors (Lipinski definition) is 12. The quantitative estimate of drug-likeness (QED) is 0.250. The van der Waals surface area contributed by atoms with E-state index < -0.39 is 172 Å². The molecule has 24 nitrogen and oxygen atoms in total. The Balaban J connectivity index is 1.21. The third-order valence-electron chi connectivity index (χ3n) is 22.4. The largest absolute Gasteiger partial charge is 0.417 e. The Morgan fingerprint density at radius 3 is 1.87 bits per heavy atom. The molecule has 3 saturated carbocycles. The van der Waals surface area contributed by atoms with E-state index in [0.29, 0.717) is 56.1 Å². The Kier molecular flexibility index (Phi) is 26.3. The van der Waals surface area contributed by atoms with Gasteiger partial charge in [0.25, 0.3) is 0 Å². The fourth-order valence-electron chi connectivity index (χ4n) is 15.6. The van der Waals surface area contributed by atoms with Crippen LogP contribution >= 0.6 is 11.6 Å². The van der Waals surface area contributed by atoms with Gasteiger partial charge in [-0.15, -0.1) is 0 Å². The van der Waals surface area contributed by atoms with Crippen LogP contribution in [0.15, 0.2) is 54.6 Å². The molecule has 6 aliphatic rings. The summed E-state index contributed by atoms with van der Waals surface area (Å²) in [4.78, 5) is 194. The zero-order chi connectivity index (χ0) is 76.8. The average molecular weight is 1470 g/mol. The molecule has 8 rings (SSSR count). The second-order valence-electron chi connectivity index (χ2n) is 31.5. The maximum atomic E-state index is 15.7. The number of carbonyl (C=O) groups excluding carboxylic acids is 12. The van der Waals surface area contributed by atoms with E-state index in [0.717, 1.165) is 40.3 Å². The van der Waals surface area contributed by atoms with Gasteiger partial charge in [-0.25, -0.2) is 0 Å². The third-order valence-corrected chi connectivity index (χ3v) is 22.7. The number of aryl methyl sites for hydroxylation is 2. The van der Waals surface area contributed by atoms with Crippen molar-refractivity contribution in [1.29, 1.82) is 0 Å². The minimum atomic E-state index is -4.77. The van der Waals surface area contributed by atoms with E-state index in [2.05, 4.69) is 10.6 Å². The van der Waals surface area contributed by atoms with Crippen LogP contribution < -0.4 is 10.6 Å². The van der Waals surface area contributed by atoms with Crippen LogP contribution in [-0.4, -0.2) is 263 Å². The van der Waals surface area contributed by atoms with Crippen LogP contribution in [0.1, 0.15) is 159 Å². The summed E-state index contributed by atoms with van der Waals surface area (Å²) in [6, 6.07) is 0.310. The molecule has 104 heavy (non-hydrogen) atoms. The number of carbonyl (C=O) groups is 12. The fraction of sp³-hybridized carbons (Fsp3) is 0.658. The van der Waals surface area contributed by atoms with Gasteiger partial charge in [-0.2, -0.15) is 13.2 Å². The van der Waals surface area contributed by atoms with E-state index in [1.807, 2.05) is 65.0 Å². The van der Waals surface area contributed by atoms with Gasteiger partial charge in [0.05, 0.1) is 30.1 Å². The first kappa shape index (κ1) is 81.6. The molecular weight excluding hydrogens is 1370 g/mol. The van der Waals surface area contributed by atoms with Gasteiger partial charge in [0.1, 0.15) is 53.9 Å². The minimum absolute atomic E-state index is 0.00326. The second-order valence-corrected chi connectivity index (χ2v) is 31.9. The molecule has 2 N–H and O–H groups in total. The van der Waals surface area contributed by atoms with Crippen LogP contribution in [-0.2, 0) is 76.6 Å². The van der Waals surface area contributed by atoms with Crippen molar-refractivity contribution in [3.63, 3.8) is 0 Å². The average Bonchev–Trinajstić information content (AvgIpc) is 1.66. The lowest BCUT2D eigenvalue weighted by molar-refractivity contribution is -0.166. The van der Waals surface area contributed by atoms with Crippen molar-refractivity contribution in [3.8, 4) is 0 Å². The van der Waals surface area contributed by atoms with E-state index in [1.165, 1.54) is 109 Å². The van der Waals surface area contributed by atoms with Gasteiger partial charge in [0.2, 0.25) is 70.9 Å². The van der Waals surface area contributed by atoms with Crippen molar-refractivity contribution in [1.82, 2.24) is 59.6 Å². The molecule has 0 unspecified atom stereocenters. The molecule has 28 heteroatoms. The second kappa shape index (κ2) is 33.6. The van der Waals surface area contributed by atoms with Crippen LogP contribution in [0.3, 0.4) is 0 Å². The first-order chi connectivity index (χ1) is 48.7. The summed E-state index contributed by atoms with van der Waals surface area (Å²) < 4.78 is 42.0. The first-order valence-electron chi connectivity index (χ1n) is 36.6. The Hall–Kier alpha value is -8.10. The van der Waals surface area contributed by atoms with E-state index in [4.69, 9.17) is 11.6 Å². The predicted molar refractivity (Wildman–Crippen MR) is 384 cm³/mol. The molecule has 0 aromatic heterocycles. The molecule has 8 atom stereocenters. The number of benzene rings is 2. The van der Waals surface area contributed by atoms with Crippen molar-refractivity contribution in [2.45, 2.75) is 217 Å². The van der Waals surface area contributed by atoms with Crippen molar-refractivity contribution < 1.29 is 70.7 Å². The molecule has 2 aromatic carbocycles. The fourth-order valence-corrected chi connectivity index (χ4v) is 15.9. The van der Waals surface area contributed by atoms with Crippen molar-refractivity contribution in [2.24, 2.45) is 16.7 Å². The zero-order valence-corrected chi connectivity index (χ0v) is 63.8. The summed E-state index contributed by atoms with van der Waals surface area (Å²) in [5.41, 5.74) is -1.89. The van der Waals surface area contributed by atoms with Crippen LogP contribution in [0.4, 0.5) is 13.2 Å². The summed E-state index contributed by atoms with van der Waals surface area (Å²) in [6.07, 6.45) is 3.77. The zero-order valence-electron chi connectivity index (χ0n) is 63.0. The Morgan fingerprint density at radius 2 is 1.29 bits per heavy atom. The monoisotopic (exact) mass is 1470 g/mol. The Morgan fingerprint density at radius 1 is 0.654 bits per heavy atom. The van der Waals surface area contributed by atoms with Gasteiger partial charge < -0.3 is 59.6 Å². The maximum absolute atomic E-state index is 15.7. The van der Waals surface area contributed by atoms with Crippen molar-refractivity contribution >= 4 is 82.5 Å². The molecule has 5 fully saturated rings. The number of nitrogens with one attached hydrogen (secondary N) is 2. The number of amides is 12. The molecule has 2 bridgehead atoms. The van der Waals surface area contributed by atoms with E-state index in [1.54, 1.807) is 6.08 Å². The highest BCUT2D eigenvalue weighted by atomic mass is 35.5. The topological polar surface area (TPSA) is 261 Å². The summed E-state index contributed by atoms with van der Waals surface area (Å²) >= 11 is 6.21. The molecule has 0 radical (unpaired) electrons. The van der Waals surface area contributed by atoms with Gasteiger partial charge in [-0.1, -0.05) is 107 Å². The van der Waals surface area contributed by atoms with Crippen LogP contribution in [0.5, 0.6) is 0 Å². The molecule has 2 spiro atoms. The number of alkyl halides is 3. The number of fused-ring (bicyclic) bond motifs is 3. The van der Waals surface area contributed by atoms with Gasteiger partial charge in [0.15, 0.2) is 0 Å². The standard InChI is InChI=1S/C76H108ClF3N12O12/c1-15-22-54-64(96)82-63(50-23-18-19-24-50)71(103)85(9)45-62(95)87(11)55-25-17-16-20-38-91(70(55)102)57(40-49-28-26-47(2)27-29-49)67(99)84(8)44-60(93)81-53(33-31-48-30-32-51(52(77)39-48)76(78,79)80)65(97)92-46-74(36-37-74)43-59(92)69(101)90(14)75(34-21-35-75)72(104)89(13)58(42-73(3,4)5)68(100)88(12)56(66(98)83(6)7)41-61(94)86(54)10/h16-17,26-30,32,39,50,53-59,63H,15,18-25,31,33-38,40-46H2,1-14H3,(H,81,93)(H,82,96)/b17-16-/t53-,54-,55-,56-,57-,58-,59-,63-/m0/s1. The SMILES string of the molecule is CCC[C@H]1C(=O)N[C@@H](C2CCCC2)C(=O)N(C)CC(=O)N(C)[C@H]2C/C=C\CCN(C2=O)[C@@H](Cc2ccc(C)cc2)C(=O)N(C)CC(=O)N[C@@H](CCc2ccc(C(F)(F)F)c(Cl)c2)C(=O)N2CC3(CC3)C[C@H]2C(=O)N(C)C2(CCC2)C(=O)N(C)[C@@H](CC(C)(C)C)C(=O)N(C)[C@H](C(=O)N(C)C)CC(=O)N1C. The summed E-state index contributed by atoms with van der Waals surface area (Å²) in [5.74, 6) is -8.23. The lowest BCUT2D eigenvalue weighted by Crippen LogP contribution is -2.68. The number of rotatable bonds is 10. The summed E-state index contributed by atoms with van der Waals surface area (Å²) in [6.45, 7) is 8.22. The smallest absolute Gasteiger partial charge is 0.347 e. The van der Waals surface area contributed by atoms with Gasteiger partial charge in [-0.3, -0.25) is 57.5 Å². The molecular formula is C76H108ClF3N12O12. The number of hydrogen-bond donors (Lipinski definition) is 2. The molecule has 3 aliphatic carbocycles. The molecule has 2 aromatic rings. The summed E-state index contributed by atoms with van der Waals surface area (Å²) in [5, 5.41) is 5.21. The van der Waals surface area contributed by atoms with Crippen molar-refractivity contribution in [2.75, 3.05) is 89.6 Å². The molecule has 572 valence electrons. The highest BCUT2D eigenvalue weighted by Gasteiger charge is 2.60. The Labute approximate surface area is 615 Å². The third kappa shape index (κ3) is 18.7. The predicted octanol–water partition coefficient (Wildman–Crippen LogP) is 6.26. The van der Waals surface area contributed by atoms with Crippen molar-refractivity contribution in [3.05, 3.63) is 81.9 Å². The summed E-state index contributed by atoms with van der Waals surface area (Å²) in [7, 11) is 12.9. The molecule has 3 aliphatic heterocycles. The van der Waals surface area contributed by atoms with Gasteiger partial charge in [-0.05, 0) is 137 Å². The Bertz CT molecular complexity index is 3590. The number of likely N-dealkylation sites (N-methyl/N-ethyl adjacent to an activating group) is 8. The van der Waals surface area contributed by atoms with E-state index in [-0.39, 0.29) is 76.8 Å². The molecule has 2 saturated heterocycles. The lowest BCUT2D eigenvalue weighted by atomic mass is 9.73. The van der Waals surface area contributed by atoms with Crippen LogP contribution in [0, 0.1) is 23.7 Å². The minimum Gasteiger partial charge on any atom is -0.347 e. The highest BCUT2D eigenvalue weighted by molar-refractivity contribution is 6.31. The molecule has 12 amide bonds. The van der Waals surface area contributed by atoms with E-state index in [9.17, 15) is 41.9 Å². The number of halogens is 4. The van der Waals surface area contributed by atoms with Gasteiger partial charge >= 0.3 is 6.18 Å². The normalized spacial score (nSPS) is 26.6. The van der Waals surface area contributed by atoms with E-state index >= 15 is 28.8 Å².